The molecule has 1 saturated heterocycles. The van der Waals surface area contributed by atoms with Gasteiger partial charge in [0.1, 0.15) is 0 Å². The molecule has 2 aromatic rings. The summed E-state index contributed by atoms with van der Waals surface area (Å²) < 4.78 is 0. The molecule has 1 fully saturated rings. The molecule has 1 aliphatic rings. The quantitative estimate of drug-likeness (QED) is 0.880. The Morgan fingerprint density at radius 3 is 2.60 bits per heavy atom. The number of fused-ring (bicyclic) bond motifs is 1. The van der Waals surface area contributed by atoms with Gasteiger partial charge in [-0.1, -0.05) is 31.2 Å². The number of nitrogens with zero attached hydrogens (tertiary/aromatic N) is 1. The highest BCUT2D eigenvalue weighted by molar-refractivity contribution is 6.07. The van der Waals surface area contributed by atoms with Gasteiger partial charge in [0.05, 0.1) is 11.3 Å². The Bertz CT molecular complexity index is 788. The fourth-order valence-corrected chi connectivity index (χ4v) is 3.57. The van der Waals surface area contributed by atoms with E-state index in [1.807, 2.05) is 36.4 Å². The summed E-state index contributed by atoms with van der Waals surface area (Å²) in [5, 5.41) is 7.82. The molecular weight excluding hydrogens is 314 g/mol. The van der Waals surface area contributed by atoms with E-state index in [0.717, 1.165) is 30.3 Å². The zero-order valence-electron chi connectivity index (χ0n) is 14.8. The van der Waals surface area contributed by atoms with E-state index >= 15 is 0 Å². The molecule has 0 saturated carbocycles. The zero-order valence-corrected chi connectivity index (χ0v) is 14.8. The molecule has 1 aliphatic heterocycles. The first-order chi connectivity index (χ1) is 12.1. The van der Waals surface area contributed by atoms with Crippen molar-refractivity contribution in [3.05, 3.63) is 42.0 Å². The van der Waals surface area contributed by atoms with Crippen molar-refractivity contribution in [1.82, 2.24) is 10.2 Å². The lowest BCUT2D eigenvalue weighted by Gasteiger charge is -2.23. The zero-order chi connectivity index (χ0) is 17.8. The number of likely N-dealkylation sites (tertiary alicyclic amines) is 1. The maximum atomic E-state index is 12.8. The Morgan fingerprint density at radius 2 is 1.92 bits per heavy atom. The molecule has 2 amide bonds. The molecule has 0 radical (unpaired) electrons. The second-order valence-corrected chi connectivity index (χ2v) is 6.56. The van der Waals surface area contributed by atoms with Crippen molar-refractivity contribution >= 4 is 28.3 Å². The standard InChI is InChI=1S/C20H25N3O2/c1-3-23-10-6-9-17(23)13-21-20(25)18-11-15-7-4-5-8-16(15)12-19(18)22-14(2)24/h4-5,7-8,11-12,17H,3,6,9-10,13H2,1-2H3,(H,21,25)(H,22,24)/t17-/m1/s1. The number of amides is 2. The lowest BCUT2D eigenvalue weighted by molar-refractivity contribution is -0.114. The maximum absolute atomic E-state index is 12.8. The van der Waals surface area contributed by atoms with E-state index in [2.05, 4.69) is 22.5 Å². The summed E-state index contributed by atoms with van der Waals surface area (Å²) in [5.41, 5.74) is 1.07. The predicted molar refractivity (Wildman–Crippen MR) is 101 cm³/mol. The number of anilines is 1. The van der Waals surface area contributed by atoms with Crippen LogP contribution in [0.25, 0.3) is 10.8 Å². The molecule has 2 N–H and O–H groups in total. The summed E-state index contributed by atoms with van der Waals surface area (Å²) in [7, 11) is 0. The maximum Gasteiger partial charge on any atom is 0.253 e. The van der Waals surface area contributed by atoms with Crippen molar-refractivity contribution in [2.24, 2.45) is 0 Å². The van der Waals surface area contributed by atoms with E-state index < -0.39 is 0 Å². The average Bonchev–Trinajstić information content (AvgIpc) is 3.06. The van der Waals surface area contributed by atoms with Crippen molar-refractivity contribution in [1.29, 1.82) is 0 Å². The lowest BCUT2D eigenvalue weighted by atomic mass is 10.0. The third kappa shape index (κ3) is 3.99. The summed E-state index contributed by atoms with van der Waals surface area (Å²) in [6.45, 7) is 6.35. The highest BCUT2D eigenvalue weighted by atomic mass is 16.2. The van der Waals surface area contributed by atoms with Crippen LogP contribution >= 0.6 is 0 Å². The van der Waals surface area contributed by atoms with Gasteiger partial charge in [-0.15, -0.1) is 0 Å². The highest BCUT2D eigenvalue weighted by Crippen LogP contribution is 2.24. The van der Waals surface area contributed by atoms with Crippen LogP contribution in [0.15, 0.2) is 36.4 Å². The van der Waals surface area contributed by atoms with Gasteiger partial charge in [-0.3, -0.25) is 14.5 Å². The number of carbonyl (C=O) groups is 2. The third-order valence-electron chi connectivity index (χ3n) is 4.84. The number of likely N-dealkylation sites (N-methyl/N-ethyl adjacent to an activating group) is 1. The van der Waals surface area contributed by atoms with Gasteiger partial charge in [0.2, 0.25) is 5.91 Å². The number of carbonyl (C=O) groups excluding carboxylic acids is 2. The number of hydrogen-bond donors (Lipinski definition) is 2. The summed E-state index contributed by atoms with van der Waals surface area (Å²) in [6.07, 6.45) is 2.30. The van der Waals surface area contributed by atoms with Crippen LogP contribution in [-0.2, 0) is 4.79 Å². The monoisotopic (exact) mass is 339 g/mol. The Hall–Kier alpha value is -2.40. The van der Waals surface area contributed by atoms with Crippen molar-refractivity contribution in [2.45, 2.75) is 32.7 Å². The van der Waals surface area contributed by atoms with Crippen molar-refractivity contribution in [2.75, 3.05) is 25.0 Å². The molecule has 2 aromatic carbocycles. The second kappa shape index (κ2) is 7.66. The first-order valence-electron chi connectivity index (χ1n) is 8.91. The summed E-state index contributed by atoms with van der Waals surface area (Å²) in [6, 6.07) is 11.9. The Balaban J connectivity index is 1.82. The topological polar surface area (TPSA) is 61.4 Å². The molecule has 0 bridgehead atoms. The Labute approximate surface area is 148 Å². The Morgan fingerprint density at radius 1 is 1.20 bits per heavy atom. The van der Waals surface area contributed by atoms with E-state index in [-0.39, 0.29) is 11.8 Å². The van der Waals surface area contributed by atoms with Gasteiger partial charge >= 0.3 is 0 Å². The summed E-state index contributed by atoms with van der Waals surface area (Å²) in [4.78, 5) is 26.7. The average molecular weight is 339 g/mol. The number of benzene rings is 2. The second-order valence-electron chi connectivity index (χ2n) is 6.56. The number of nitrogens with one attached hydrogen (secondary N) is 2. The molecular formula is C20H25N3O2. The van der Waals surface area contributed by atoms with Crippen LogP contribution in [0.3, 0.4) is 0 Å². The third-order valence-corrected chi connectivity index (χ3v) is 4.84. The number of hydrogen-bond acceptors (Lipinski definition) is 3. The largest absolute Gasteiger partial charge is 0.350 e. The molecule has 3 rings (SSSR count). The van der Waals surface area contributed by atoms with Gasteiger partial charge in [0.15, 0.2) is 0 Å². The normalized spacial score (nSPS) is 17.6. The van der Waals surface area contributed by atoms with Crippen LogP contribution in [0.4, 0.5) is 5.69 Å². The fraction of sp³-hybridized carbons (Fsp3) is 0.400. The van der Waals surface area contributed by atoms with E-state index in [0.29, 0.717) is 23.8 Å². The van der Waals surface area contributed by atoms with Crippen molar-refractivity contribution < 1.29 is 9.59 Å². The lowest BCUT2D eigenvalue weighted by Crippen LogP contribution is -2.40. The predicted octanol–water partition coefficient (Wildman–Crippen LogP) is 3.01. The molecule has 132 valence electrons. The summed E-state index contributed by atoms with van der Waals surface area (Å²) in [5.74, 6) is -0.324. The first-order valence-corrected chi connectivity index (χ1v) is 8.91. The van der Waals surface area contributed by atoms with Gasteiger partial charge in [-0.25, -0.2) is 0 Å². The Kier molecular flexibility index (Phi) is 5.34. The molecule has 0 unspecified atom stereocenters. The van der Waals surface area contributed by atoms with Crippen LogP contribution in [0.5, 0.6) is 0 Å². The van der Waals surface area contributed by atoms with E-state index in [1.165, 1.54) is 13.3 Å². The minimum Gasteiger partial charge on any atom is -0.350 e. The molecule has 0 spiro atoms. The molecule has 25 heavy (non-hydrogen) atoms. The van der Waals surface area contributed by atoms with Gasteiger partial charge < -0.3 is 10.6 Å². The molecule has 5 heteroatoms. The van der Waals surface area contributed by atoms with E-state index in [9.17, 15) is 9.59 Å². The first kappa shape index (κ1) is 17.4. The van der Waals surface area contributed by atoms with E-state index in [1.54, 1.807) is 0 Å². The van der Waals surface area contributed by atoms with Crippen molar-refractivity contribution in [3.8, 4) is 0 Å². The van der Waals surface area contributed by atoms with Crippen LogP contribution in [-0.4, -0.2) is 42.4 Å². The van der Waals surface area contributed by atoms with E-state index in [4.69, 9.17) is 0 Å². The molecule has 0 aromatic heterocycles. The van der Waals surface area contributed by atoms with Crippen LogP contribution in [0.2, 0.25) is 0 Å². The highest BCUT2D eigenvalue weighted by Gasteiger charge is 2.24. The van der Waals surface area contributed by atoms with Gasteiger partial charge in [0, 0.05) is 19.5 Å². The minimum absolute atomic E-state index is 0.141. The van der Waals surface area contributed by atoms with Crippen LogP contribution in [0.1, 0.15) is 37.0 Å². The van der Waals surface area contributed by atoms with Crippen molar-refractivity contribution in [3.63, 3.8) is 0 Å². The smallest absolute Gasteiger partial charge is 0.253 e. The number of rotatable bonds is 5. The van der Waals surface area contributed by atoms with Gasteiger partial charge in [-0.2, -0.15) is 0 Å². The molecule has 1 heterocycles. The van der Waals surface area contributed by atoms with Gasteiger partial charge in [-0.05, 0) is 48.8 Å². The van der Waals surface area contributed by atoms with Crippen LogP contribution in [0, 0.1) is 0 Å². The fourth-order valence-electron chi connectivity index (χ4n) is 3.57. The minimum atomic E-state index is -0.183. The SMILES string of the molecule is CCN1CCC[C@@H]1CNC(=O)c1cc2ccccc2cc1NC(C)=O. The molecule has 5 nitrogen and oxygen atoms in total. The summed E-state index contributed by atoms with van der Waals surface area (Å²) >= 11 is 0. The molecule has 1 atom stereocenters. The van der Waals surface area contributed by atoms with Gasteiger partial charge in [0.25, 0.3) is 5.91 Å². The molecule has 0 aliphatic carbocycles. The van der Waals surface area contributed by atoms with Crippen LogP contribution < -0.4 is 10.6 Å².